The van der Waals surface area contributed by atoms with Gasteiger partial charge < -0.3 is 15.2 Å². The Morgan fingerprint density at radius 3 is 2.41 bits per heavy atom. The maximum absolute atomic E-state index is 11.9. The quantitative estimate of drug-likeness (QED) is 0.719. The van der Waals surface area contributed by atoms with Crippen molar-refractivity contribution in [1.29, 1.82) is 0 Å². The van der Waals surface area contributed by atoms with E-state index in [9.17, 15) is 9.59 Å². The second-order valence-electron chi connectivity index (χ2n) is 5.67. The summed E-state index contributed by atoms with van der Waals surface area (Å²) in [5.41, 5.74) is -0.856. The number of rotatable bonds is 8. The van der Waals surface area contributed by atoms with E-state index in [1.807, 2.05) is 30.5 Å². The minimum atomic E-state index is -0.875. The average molecular weight is 325 g/mol. The van der Waals surface area contributed by atoms with Crippen LogP contribution in [-0.4, -0.2) is 35.9 Å². The maximum Gasteiger partial charge on any atom is 0.309 e. The third-order valence-corrected chi connectivity index (χ3v) is 4.11. The van der Waals surface area contributed by atoms with Gasteiger partial charge in [0.2, 0.25) is 0 Å². The Kier molecular flexibility index (Phi) is 6.74. The molecule has 1 atom stereocenters. The van der Waals surface area contributed by atoms with Crippen LogP contribution in [-0.2, 0) is 9.59 Å². The summed E-state index contributed by atoms with van der Waals surface area (Å²) >= 11 is 1.64. The van der Waals surface area contributed by atoms with Gasteiger partial charge in [0.1, 0.15) is 5.75 Å². The number of aliphatic carboxylic acids is 1. The molecule has 1 aromatic carbocycles. The molecule has 0 aromatic heterocycles. The summed E-state index contributed by atoms with van der Waals surface area (Å²) in [6.45, 7) is 5.24. The third-order valence-electron chi connectivity index (χ3n) is 3.37. The van der Waals surface area contributed by atoms with Crippen LogP contribution in [0.5, 0.6) is 5.75 Å². The average Bonchev–Trinajstić information content (AvgIpc) is 2.47. The van der Waals surface area contributed by atoms with Crippen molar-refractivity contribution in [2.45, 2.75) is 38.2 Å². The largest absolute Gasteiger partial charge is 0.481 e. The number of carbonyl (C=O) groups is 2. The van der Waals surface area contributed by atoms with E-state index in [-0.39, 0.29) is 5.91 Å². The summed E-state index contributed by atoms with van der Waals surface area (Å²) in [6.07, 6.45) is 1.72. The molecule has 5 nitrogen and oxygen atoms in total. The molecule has 6 heteroatoms. The molecule has 0 aliphatic carbocycles. The van der Waals surface area contributed by atoms with Crippen LogP contribution in [0.2, 0.25) is 0 Å². The summed E-state index contributed by atoms with van der Waals surface area (Å²) in [5, 5.41) is 11.7. The lowest BCUT2D eigenvalue weighted by atomic mass is 9.90. The molecule has 22 heavy (non-hydrogen) atoms. The Morgan fingerprint density at radius 1 is 1.32 bits per heavy atom. The van der Waals surface area contributed by atoms with Gasteiger partial charge in [-0.25, -0.2) is 0 Å². The molecule has 1 amide bonds. The first-order valence-electron chi connectivity index (χ1n) is 7.08. The van der Waals surface area contributed by atoms with Crippen molar-refractivity contribution in [3.8, 4) is 5.75 Å². The Bertz CT molecular complexity index is 513. The fourth-order valence-electron chi connectivity index (χ4n) is 1.66. The second kappa shape index (κ2) is 8.08. The minimum Gasteiger partial charge on any atom is -0.481 e. The molecular weight excluding hydrogens is 302 g/mol. The van der Waals surface area contributed by atoms with Crippen LogP contribution in [0.3, 0.4) is 0 Å². The van der Waals surface area contributed by atoms with Crippen molar-refractivity contribution in [3.63, 3.8) is 0 Å². The third kappa shape index (κ3) is 5.60. The number of hydrogen-bond acceptors (Lipinski definition) is 4. The van der Waals surface area contributed by atoms with Gasteiger partial charge in [0, 0.05) is 11.4 Å². The van der Waals surface area contributed by atoms with Gasteiger partial charge in [0.15, 0.2) is 6.10 Å². The zero-order chi connectivity index (χ0) is 16.8. The number of carboxylic acid groups (broad SMARTS) is 1. The van der Waals surface area contributed by atoms with Gasteiger partial charge in [0.25, 0.3) is 5.91 Å². The Labute approximate surface area is 135 Å². The van der Waals surface area contributed by atoms with Crippen LogP contribution in [0.1, 0.15) is 27.2 Å². The highest BCUT2D eigenvalue weighted by atomic mass is 32.2. The molecule has 0 bridgehead atoms. The minimum absolute atomic E-state index is 0.255. The van der Waals surface area contributed by atoms with Crippen molar-refractivity contribution in [2.75, 3.05) is 12.8 Å². The van der Waals surface area contributed by atoms with E-state index < -0.39 is 17.5 Å². The second-order valence-corrected chi connectivity index (χ2v) is 6.55. The molecule has 1 unspecified atom stereocenters. The summed E-state index contributed by atoms with van der Waals surface area (Å²) < 4.78 is 5.57. The normalized spacial score (nSPS) is 12.5. The highest BCUT2D eigenvalue weighted by Crippen LogP contribution is 2.20. The molecule has 1 rings (SSSR count). The summed E-state index contributed by atoms with van der Waals surface area (Å²) in [5.74, 6) is -0.499. The highest BCUT2D eigenvalue weighted by molar-refractivity contribution is 7.98. The monoisotopic (exact) mass is 325 g/mol. The number of carbonyl (C=O) groups excluding carboxylic acids is 1. The van der Waals surface area contributed by atoms with Crippen molar-refractivity contribution in [1.82, 2.24) is 5.32 Å². The van der Waals surface area contributed by atoms with Crippen molar-refractivity contribution >= 4 is 23.6 Å². The molecule has 0 saturated heterocycles. The molecule has 2 N–H and O–H groups in total. The smallest absolute Gasteiger partial charge is 0.309 e. The van der Waals surface area contributed by atoms with E-state index in [0.29, 0.717) is 18.7 Å². The lowest BCUT2D eigenvalue weighted by Gasteiger charge is -2.20. The van der Waals surface area contributed by atoms with Crippen LogP contribution in [0.25, 0.3) is 0 Å². The lowest BCUT2D eigenvalue weighted by molar-refractivity contribution is -0.147. The van der Waals surface area contributed by atoms with E-state index >= 15 is 0 Å². The first-order chi connectivity index (χ1) is 10.3. The molecule has 0 heterocycles. The standard InChI is InChI=1S/C16H23NO4S/c1-11(21-12-5-7-13(22-4)8-6-12)14(18)17-10-9-16(2,3)15(19)20/h5-8,11H,9-10H2,1-4H3,(H,17,18)(H,19,20). The van der Waals surface area contributed by atoms with E-state index in [1.165, 1.54) is 0 Å². The first-order valence-corrected chi connectivity index (χ1v) is 8.30. The Balaban J connectivity index is 2.43. The van der Waals surface area contributed by atoms with Gasteiger partial charge >= 0.3 is 5.97 Å². The number of benzene rings is 1. The van der Waals surface area contributed by atoms with Crippen molar-refractivity contribution < 1.29 is 19.4 Å². The van der Waals surface area contributed by atoms with Crippen LogP contribution in [0, 0.1) is 5.41 Å². The van der Waals surface area contributed by atoms with E-state index in [4.69, 9.17) is 9.84 Å². The highest BCUT2D eigenvalue weighted by Gasteiger charge is 2.27. The van der Waals surface area contributed by atoms with Crippen LogP contribution in [0.15, 0.2) is 29.2 Å². The van der Waals surface area contributed by atoms with E-state index in [0.717, 1.165) is 4.90 Å². The zero-order valence-electron chi connectivity index (χ0n) is 13.4. The fourth-order valence-corrected chi connectivity index (χ4v) is 2.07. The van der Waals surface area contributed by atoms with Crippen molar-refractivity contribution in [3.05, 3.63) is 24.3 Å². The molecule has 0 saturated carbocycles. The molecular formula is C16H23NO4S. The van der Waals surface area contributed by atoms with Gasteiger partial charge in [-0.3, -0.25) is 9.59 Å². The van der Waals surface area contributed by atoms with Gasteiger partial charge in [-0.2, -0.15) is 0 Å². The molecule has 122 valence electrons. The maximum atomic E-state index is 11.9. The van der Waals surface area contributed by atoms with E-state index in [2.05, 4.69) is 5.32 Å². The predicted octanol–water partition coefficient (Wildman–Crippen LogP) is 2.79. The zero-order valence-corrected chi connectivity index (χ0v) is 14.2. The molecule has 0 fully saturated rings. The Hall–Kier alpha value is -1.69. The predicted molar refractivity (Wildman–Crippen MR) is 87.4 cm³/mol. The number of nitrogens with one attached hydrogen (secondary N) is 1. The molecule has 1 aromatic rings. The lowest BCUT2D eigenvalue weighted by Crippen LogP contribution is -2.39. The van der Waals surface area contributed by atoms with Crippen LogP contribution < -0.4 is 10.1 Å². The fraction of sp³-hybridized carbons (Fsp3) is 0.500. The number of thioether (sulfide) groups is 1. The molecule has 0 spiro atoms. The van der Waals surface area contributed by atoms with Crippen LogP contribution in [0.4, 0.5) is 0 Å². The first kappa shape index (κ1) is 18.4. The summed E-state index contributed by atoms with van der Waals surface area (Å²) in [7, 11) is 0. The van der Waals surface area contributed by atoms with Crippen molar-refractivity contribution in [2.24, 2.45) is 5.41 Å². The van der Waals surface area contributed by atoms with Gasteiger partial charge in [-0.1, -0.05) is 0 Å². The van der Waals surface area contributed by atoms with Gasteiger partial charge in [0.05, 0.1) is 5.41 Å². The summed E-state index contributed by atoms with van der Waals surface area (Å²) in [6, 6.07) is 7.51. The van der Waals surface area contributed by atoms with Gasteiger partial charge in [-0.05, 0) is 57.7 Å². The number of ether oxygens (including phenoxy) is 1. The van der Waals surface area contributed by atoms with Gasteiger partial charge in [-0.15, -0.1) is 11.8 Å². The number of amides is 1. The van der Waals surface area contributed by atoms with Crippen LogP contribution >= 0.6 is 11.8 Å². The van der Waals surface area contributed by atoms with E-state index in [1.54, 1.807) is 32.5 Å². The topological polar surface area (TPSA) is 75.6 Å². The SMILES string of the molecule is CSc1ccc(OC(C)C(=O)NCCC(C)(C)C(=O)O)cc1. The number of carboxylic acids is 1. The summed E-state index contributed by atoms with van der Waals surface area (Å²) in [4.78, 5) is 24.0. The molecule has 0 aliphatic rings. The number of hydrogen-bond donors (Lipinski definition) is 2. The Morgan fingerprint density at radius 2 is 1.91 bits per heavy atom. The molecule has 0 aliphatic heterocycles. The molecule has 0 radical (unpaired) electrons.